The van der Waals surface area contributed by atoms with Gasteiger partial charge in [0, 0.05) is 30.8 Å². The van der Waals surface area contributed by atoms with Crippen LogP contribution in [-0.2, 0) is 19.0 Å². The predicted molar refractivity (Wildman–Crippen MR) is 115 cm³/mol. The van der Waals surface area contributed by atoms with Crippen LogP contribution >= 0.6 is 0 Å². The lowest BCUT2D eigenvalue weighted by Crippen LogP contribution is -2.47. The van der Waals surface area contributed by atoms with Crippen LogP contribution in [0.5, 0.6) is 0 Å². The van der Waals surface area contributed by atoms with Gasteiger partial charge in [-0.05, 0) is 39.2 Å². The van der Waals surface area contributed by atoms with Crippen LogP contribution in [0.25, 0.3) is 0 Å². The third-order valence-corrected chi connectivity index (χ3v) is 7.57. The Kier molecular flexibility index (Phi) is 7.33. The van der Waals surface area contributed by atoms with E-state index in [1.165, 1.54) is 7.11 Å². The molecule has 0 aromatic carbocycles. The first kappa shape index (κ1) is 24.4. The van der Waals surface area contributed by atoms with Gasteiger partial charge in [0.15, 0.2) is 6.10 Å². The van der Waals surface area contributed by atoms with Gasteiger partial charge in [0.2, 0.25) is 0 Å². The normalized spacial score (nSPS) is 43.8. The zero-order valence-electron chi connectivity index (χ0n) is 19.4. The van der Waals surface area contributed by atoms with Crippen LogP contribution in [0.2, 0.25) is 0 Å². The van der Waals surface area contributed by atoms with E-state index in [4.69, 9.17) is 14.2 Å². The van der Waals surface area contributed by atoms with Gasteiger partial charge in [-0.15, -0.1) is 0 Å². The summed E-state index contributed by atoms with van der Waals surface area (Å²) in [6.07, 6.45) is 2.98. The molecule has 11 atom stereocenters. The number of methoxy groups -OCH3 is 1. The standard InChI is InChI=1S/C24H38O7/c1-12-9-13(2)24-11-17(22(31-24)20(27)14(3)15(4)25)7-8-18(24)10-19(29-6)23(28)30-21(12)16(5)26/h7-9,12,14-22,25-27H,10-11H2,1-6H3/b13-9+/t12-,14-,15+,16-,17-,18-,19+,20-,21+,22-,24+/m1/s1. The SMILES string of the molecule is CO[C@H]1C[C@H]2C=C[C@@H]3C[C@]2(O[C@H]3[C@H](O)[C@H](C)[C@H](C)O)/C(C)=C/[C@@H](C)[C@@H]([C@@H](C)O)OC1=O. The minimum atomic E-state index is -0.835. The second-order valence-corrected chi connectivity index (χ2v) is 9.73. The largest absolute Gasteiger partial charge is 0.457 e. The van der Waals surface area contributed by atoms with Gasteiger partial charge in [0.25, 0.3) is 0 Å². The summed E-state index contributed by atoms with van der Waals surface area (Å²) in [4.78, 5) is 12.8. The molecule has 2 aliphatic heterocycles. The summed E-state index contributed by atoms with van der Waals surface area (Å²) in [6.45, 7) is 9.03. The number of hydrogen-bond acceptors (Lipinski definition) is 7. The van der Waals surface area contributed by atoms with Crippen molar-refractivity contribution in [1.29, 1.82) is 0 Å². The third kappa shape index (κ3) is 4.48. The van der Waals surface area contributed by atoms with Gasteiger partial charge in [-0.3, -0.25) is 0 Å². The van der Waals surface area contributed by atoms with Crippen molar-refractivity contribution in [3.63, 3.8) is 0 Å². The number of aliphatic hydroxyl groups excluding tert-OH is 3. The van der Waals surface area contributed by atoms with E-state index >= 15 is 0 Å². The summed E-state index contributed by atoms with van der Waals surface area (Å²) in [7, 11) is 1.48. The molecule has 2 heterocycles. The lowest BCUT2D eigenvalue weighted by molar-refractivity contribution is -0.172. The Morgan fingerprint density at radius 1 is 1.16 bits per heavy atom. The third-order valence-electron chi connectivity index (χ3n) is 7.57. The summed E-state index contributed by atoms with van der Waals surface area (Å²) < 4.78 is 17.8. The molecule has 1 fully saturated rings. The van der Waals surface area contributed by atoms with E-state index in [2.05, 4.69) is 12.2 Å². The zero-order valence-corrected chi connectivity index (χ0v) is 19.4. The Morgan fingerprint density at radius 3 is 2.42 bits per heavy atom. The Bertz CT molecular complexity index is 715. The van der Waals surface area contributed by atoms with Crippen molar-refractivity contribution in [1.82, 2.24) is 0 Å². The van der Waals surface area contributed by atoms with Gasteiger partial charge in [-0.25, -0.2) is 4.79 Å². The number of aliphatic hydroxyl groups is 3. The first-order chi connectivity index (χ1) is 14.5. The van der Waals surface area contributed by atoms with Crippen LogP contribution in [0.4, 0.5) is 0 Å². The van der Waals surface area contributed by atoms with Crippen LogP contribution in [-0.4, -0.2) is 70.6 Å². The minimum absolute atomic E-state index is 0.00885. The molecule has 3 N–H and O–H groups in total. The van der Waals surface area contributed by atoms with Gasteiger partial charge in [-0.1, -0.05) is 32.1 Å². The highest BCUT2D eigenvalue weighted by Gasteiger charge is 2.56. The van der Waals surface area contributed by atoms with Crippen LogP contribution < -0.4 is 0 Å². The first-order valence-electron chi connectivity index (χ1n) is 11.3. The highest BCUT2D eigenvalue weighted by molar-refractivity contribution is 5.75. The number of cyclic esters (lactones) is 1. The molecular weight excluding hydrogens is 400 g/mol. The monoisotopic (exact) mass is 438 g/mol. The summed E-state index contributed by atoms with van der Waals surface area (Å²) in [5, 5.41) is 31.2. The Balaban J connectivity index is 2.02. The van der Waals surface area contributed by atoms with Gasteiger partial charge in [-0.2, -0.15) is 0 Å². The van der Waals surface area contributed by atoms with Crippen molar-refractivity contribution < 1.29 is 34.3 Å². The topological polar surface area (TPSA) is 105 Å². The first-order valence-corrected chi connectivity index (χ1v) is 11.3. The molecule has 2 bridgehead atoms. The average Bonchev–Trinajstić information content (AvgIpc) is 3.03. The number of ether oxygens (including phenoxy) is 3. The summed E-state index contributed by atoms with van der Waals surface area (Å²) in [5.41, 5.74) is 0.312. The maximum Gasteiger partial charge on any atom is 0.335 e. The van der Waals surface area contributed by atoms with E-state index in [0.717, 1.165) is 5.57 Å². The molecule has 1 spiro atoms. The molecule has 7 heteroatoms. The Hall–Kier alpha value is -1.25. The predicted octanol–water partition coefficient (Wildman–Crippen LogP) is 1.99. The van der Waals surface area contributed by atoms with E-state index in [1.54, 1.807) is 13.8 Å². The van der Waals surface area contributed by atoms with Gasteiger partial charge in [0.05, 0.1) is 30.0 Å². The van der Waals surface area contributed by atoms with Crippen molar-refractivity contribution in [2.45, 2.75) is 89.7 Å². The number of carbonyl (C=O) groups is 1. The second-order valence-electron chi connectivity index (χ2n) is 9.73. The number of hydrogen-bond donors (Lipinski definition) is 3. The van der Waals surface area contributed by atoms with Crippen LogP contribution in [0.1, 0.15) is 47.5 Å². The molecule has 3 rings (SSSR count). The summed E-state index contributed by atoms with van der Waals surface area (Å²) >= 11 is 0. The van der Waals surface area contributed by atoms with Crippen molar-refractivity contribution in [2.24, 2.45) is 23.7 Å². The zero-order chi connectivity index (χ0) is 23.1. The van der Waals surface area contributed by atoms with Crippen molar-refractivity contribution in [2.75, 3.05) is 7.11 Å². The van der Waals surface area contributed by atoms with E-state index in [1.807, 2.05) is 26.8 Å². The van der Waals surface area contributed by atoms with E-state index in [0.29, 0.717) is 12.8 Å². The average molecular weight is 439 g/mol. The summed E-state index contributed by atoms with van der Waals surface area (Å²) in [5.74, 6) is -1.18. The molecule has 0 unspecified atom stereocenters. The quantitative estimate of drug-likeness (QED) is 0.445. The van der Waals surface area contributed by atoms with Crippen molar-refractivity contribution >= 4 is 5.97 Å². The maximum absolute atomic E-state index is 12.8. The fourth-order valence-electron chi connectivity index (χ4n) is 5.42. The molecule has 1 aliphatic carbocycles. The molecule has 0 aromatic heterocycles. The highest BCUT2D eigenvalue weighted by Crippen LogP contribution is 2.52. The second kappa shape index (κ2) is 9.32. The van der Waals surface area contributed by atoms with E-state index in [9.17, 15) is 20.1 Å². The van der Waals surface area contributed by atoms with E-state index in [-0.39, 0.29) is 23.7 Å². The fourth-order valence-corrected chi connectivity index (χ4v) is 5.42. The Morgan fingerprint density at radius 2 is 1.84 bits per heavy atom. The maximum atomic E-state index is 12.8. The lowest BCUT2D eigenvalue weighted by Gasteiger charge is -2.41. The van der Waals surface area contributed by atoms with E-state index < -0.39 is 48.2 Å². The van der Waals surface area contributed by atoms with Crippen molar-refractivity contribution in [3.05, 3.63) is 23.8 Å². The molecule has 3 aliphatic rings. The van der Waals surface area contributed by atoms with Gasteiger partial charge >= 0.3 is 5.97 Å². The molecule has 176 valence electrons. The van der Waals surface area contributed by atoms with Crippen molar-refractivity contribution in [3.8, 4) is 0 Å². The van der Waals surface area contributed by atoms with Gasteiger partial charge < -0.3 is 29.5 Å². The molecule has 0 aromatic rings. The lowest BCUT2D eigenvalue weighted by atomic mass is 9.69. The molecule has 0 radical (unpaired) electrons. The number of esters is 1. The summed E-state index contributed by atoms with van der Waals surface area (Å²) in [6, 6.07) is 0. The molecule has 1 saturated heterocycles. The molecular formula is C24H38O7. The highest BCUT2D eigenvalue weighted by atomic mass is 16.6. The smallest absolute Gasteiger partial charge is 0.335 e. The van der Waals surface area contributed by atoms with Crippen LogP contribution in [0.15, 0.2) is 23.8 Å². The number of rotatable bonds is 5. The van der Waals surface area contributed by atoms with Crippen LogP contribution in [0, 0.1) is 23.7 Å². The minimum Gasteiger partial charge on any atom is -0.457 e. The molecule has 31 heavy (non-hydrogen) atoms. The van der Waals surface area contributed by atoms with Gasteiger partial charge in [0.1, 0.15) is 6.10 Å². The molecule has 7 nitrogen and oxygen atoms in total. The fraction of sp³-hybridized carbons (Fsp3) is 0.792. The molecule has 0 amide bonds. The van der Waals surface area contributed by atoms with Crippen LogP contribution in [0.3, 0.4) is 0 Å². The Labute approximate surface area is 185 Å². The number of fused-ring (bicyclic) bond motifs is 1. The molecule has 0 saturated carbocycles. The number of carbonyl (C=O) groups excluding carboxylic acids is 1.